The Bertz CT molecular complexity index is 1040. The second kappa shape index (κ2) is 9.87. The molecule has 2 aliphatic heterocycles. The molecule has 1 amide bonds. The van der Waals surface area contributed by atoms with Crippen molar-refractivity contribution in [1.29, 1.82) is 0 Å². The van der Waals surface area contributed by atoms with Gasteiger partial charge in [-0.3, -0.25) is 25.4 Å². The van der Waals surface area contributed by atoms with E-state index < -0.39 is 41.1 Å². The fourth-order valence-corrected chi connectivity index (χ4v) is 4.92. The first kappa shape index (κ1) is 25.6. The third-order valence-electron chi connectivity index (χ3n) is 6.35. The number of nitrogens with zero attached hydrogens (tertiary/aromatic N) is 2. The lowest BCUT2D eigenvalue weighted by molar-refractivity contribution is -0.143. The van der Waals surface area contributed by atoms with E-state index in [4.69, 9.17) is 11.6 Å². The van der Waals surface area contributed by atoms with Crippen LogP contribution in [0.4, 0.5) is 32.0 Å². The number of piperazine rings is 1. The van der Waals surface area contributed by atoms with Gasteiger partial charge in [0, 0.05) is 30.7 Å². The van der Waals surface area contributed by atoms with Crippen LogP contribution in [0.15, 0.2) is 42.5 Å². The molecule has 4 rings (SSSR count). The van der Waals surface area contributed by atoms with Gasteiger partial charge in [-0.15, -0.1) is 0 Å². The number of rotatable bonds is 5. The maximum Gasteiger partial charge on any atom is 0.416 e. The van der Waals surface area contributed by atoms with Gasteiger partial charge in [0.05, 0.1) is 16.8 Å². The van der Waals surface area contributed by atoms with Crippen LogP contribution < -0.4 is 10.9 Å². The van der Waals surface area contributed by atoms with Crippen molar-refractivity contribution < 1.29 is 31.1 Å². The number of carbonyl (C=O) groups excluding carboxylic acids is 1. The highest BCUT2D eigenvalue weighted by Gasteiger charge is 2.39. The van der Waals surface area contributed by atoms with Crippen molar-refractivity contribution in [3.63, 3.8) is 0 Å². The van der Waals surface area contributed by atoms with Crippen LogP contribution in [0.25, 0.3) is 0 Å². The molecule has 2 heterocycles. The Morgan fingerprint density at radius 3 is 2.26 bits per heavy atom. The minimum Gasteiger partial charge on any atom is -0.299 e. The lowest BCUT2D eigenvalue weighted by atomic mass is 10.0. The zero-order valence-electron chi connectivity index (χ0n) is 18.4. The molecule has 2 aromatic rings. The predicted molar refractivity (Wildman–Crippen MR) is 119 cm³/mol. The van der Waals surface area contributed by atoms with Crippen LogP contribution in [0.3, 0.4) is 0 Å². The van der Waals surface area contributed by atoms with E-state index in [0.29, 0.717) is 35.8 Å². The number of fused-ring (bicyclic) bond motifs is 1. The summed E-state index contributed by atoms with van der Waals surface area (Å²) in [5.41, 5.74) is 1.54. The fraction of sp³-hybridized carbons (Fsp3) is 0.435. The quantitative estimate of drug-likeness (QED) is 0.413. The van der Waals surface area contributed by atoms with E-state index in [1.54, 1.807) is 24.3 Å². The molecule has 190 valence electrons. The van der Waals surface area contributed by atoms with Crippen molar-refractivity contribution in [1.82, 2.24) is 15.2 Å². The number of anilines is 1. The smallest absolute Gasteiger partial charge is 0.299 e. The Hall–Kier alpha value is -2.50. The molecular formula is C23H23ClF6N4O. The van der Waals surface area contributed by atoms with Crippen LogP contribution >= 0.6 is 11.6 Å². The molecule has 0 aromatic heterocycles. The van der Waals surface area contributed by atoms with Gasteiger partial charge in [-0.05, 0) is 49.2 Å². The van der Waals surface area contributed by atoms with Crippen LogP contribution in [-0.2, 0) is 17.1 Å². The number of halogens is 7. The molecule has 2 fully saturated rings. The first-order chi connectivity index (χ1) is 16.4. The van der Waals surface area contributed by atoms with Crippen LogP contribution in [-0.4, -0.2) is 47.9 Å². The van der Waals surface area contributed by atoms with E-state index in [1.807, 2.05) is 4.90 Å². The molecule has 2 N–H and O–H groups in total. The molecule has 12 heteroatoms. The van der Waals surface area contributed by atoms with Crippen LogP contribution in [0.1, 0.15) is 35.6 Å². The third kappa shape index (κ3) is 5.84. The Labute approximate surface area is 203 Å². The molecule has 2 aromatic carbocycles. The molecule has 0 spiro atoms. The molecule has 2 saturated heterocycles. The summed E-state index contributed by atoms with van der Waals surface area (Å²) in [5, 5.41) is 0.333. The highest BCUT2D eigenvalue weighted by molar-refractivity contribution is 6.31. The summed E-state index contributed by atoms with van der Waals surface area (Å²) in [4.78, 5) is 17.6. The lowest BCUT2D eigenvalue weighted by Crippen LogP contribution is -2.54. The van der Waals surface area contributed by atoms with E-state index in [1.165, 1.54) is 0 Å². The van der Waals surface area contributed by atoms with Crippen LogP contribution in [0.2, 0.25) is 5.02 Å². The van der Waals surface area contributed by atoms with Crippen molar-refractivity contribution in [2.75, 3.05) is 31.6 Å². The second-order valence-corrected chi connectivity index (χ2v) is 9.07. The maximum absolute atomic E-state index is 13.3. The first-order valence-electron chi connectivity index (χ1n) is 11.0. The largest absolute Gasteiger partial charge is 0.416 e. The molecular weight excluding hydrogens is 498 g/mol. The van der Waals surface area contributed by atoms with Crippen molar-refractivity contribution in [2.24, 2.45) is 0 Å². The molecule has 35 heavy (non-hydrogen) atoms. The summed E-state index contributed by atoms with van der Waals surface area (Å²) < 4.78 is 79.0. The summed E-state index contributed by atoms with van der Waals surface area (Å²) in [6.45, 7) is 2.88. The number of hydrazine groups is 1. The van der Waals surface area contributed by atoms with Crippen molar-refractivity contribution >= 4 is 23.2 Å². The number of benzene rings is 2. The van der Waals surface area contributed by atoms with E-state index in [9.17, 15) is 31.1 Å². The Kier molecular flexibility index (Phi) is 7.21. The van der Waals surface area contributed by atoms with Crippen molar-refractivity contribution in [3.05, 3.63) is 64.2 Å². The molecule has 5 nitrogen and oxygen atoms in total. The average Bonchev–Trinajstić information content (AvgIpc) is 3.26. The van der Waals surface area contributed by atoms with Gasteiger partial charge in [0.1, 0.15) is 6.04 Å². The lowest BCUT2D eigenvalue weighted by Gasteiger charge is -2.41. The van der Waals surface area contributed by atoms with Gasteiger partial charge in [-0.2, -0.15) is 26.3 Å². The first-order valence-corrected chi connectivity index (χ1v) is 11.4. The zero-order chi connectivity index (χ0) is 25.4. The minimum absolute atomic E-state index is 0.0284. The summed E-state index contributed by atoms with van der Waals surface area (Å²) in [6, 6.07) is 7.16. The van der Waals surface area contributed by atoms with E-state index in [-0.39, 0.29) is 12.1 Å². The second-order valence-electron chi connectivity index (χ2n) is 8.66. The molecule has 0 bridgehead atoms. The molecule has 2 atom stereocenters. The van der Waals surface area contributed by atoms with E-state index in [0.717, 1.165) is 25.9 Å². The average molecular weight is 521 g/mol. The van der Waals surface area contributed by atoms with Gasteiger partial charge in [-0.25, -0.2) is 0 Å². The van der Waals surface area contributed by atoms with Crippen molar-refractivity contribution in [2.45, 2.75) is 37.3 Å². The minimum atomic E-state index is -5.00. The Morgan fingerprint density at radius 1 is 0.971 bits per heavy atom. The summed E-state index contributed by atoms with van der Waals surface area (Å²) in [7, 11) is 0. The molecule has 0 aliphatic carbocycles. The zero-order valence-corrected chi connectivity index (χ0v) is 19.1. The summed E-state index contributed by atoms with van der Waals surface area (Å²) >= 11 is 6.37. The van der Waals surface area contributed by atoms with E-state index in [2.05, 4.69) is 15.8 Å². The fourth-order valence-electron chi connectivity index (χ4n) is 4.68. The number of hydrogen-bond donors (Lipinski definition) is 2. The van der Waals surface area contributed by atoms with Gasteiger partial charge in [0.2, 0.25) is 0 Å². The highest BCUT2D eigenvalue weighted by atomic mass is 35.5. The van der Waals surface area contributed by atoms with Gasteiger partial charge in [0.15, 0.2) is 0 Å². The highest BCUT2D eigenvalue weighted by Crippen LogP contribution is 2.38. The molecule has 1 unspecified atom stereocenters. The molecule has 2 aliphatic rings. The third-order valence-corrected chi connectivity index (χ3v) is 6.69. The van der Waals surface area contributed by atoms with E-state index >= 15 is 0 Å². The van der Waals surface area contributed by atoms with Gasteiger partial charge < -0.3 is 0 Å². The SMILES string of the molecule is O=C(NNc1cc(C(F)(F)F)cc(C(F)(F)F)c1)C(c1ccccc1Cl)N1CCN2CCC[C@H]2C1. The standard InChI is InChI=1S/C23H23ClF6N4O/c24-19-6-2-1-5-18(19)20(34-9-8-33-7-3-4-17(33)13-34)21(35)32-31-16-11-14(22(25,26)27)10-15(12-16)23(28,29)30/h1-2,5-6,10-12,17,20,31H,3-4,7-9,13H2,(H,32,35)/t17-,20?/m0/s1. The number of nitrogens with one attached hydrogen (secondary N) is 2. The number of hydrogen-bond acceptors (Lipinski definition) is 4. The molecule has 0 saturated carbocycles. The Morgan fingerprint density at radius 2 is 1.63 bits per heavy atom. The molecule has 0 radical (unpaired) electrons. The normalized spacial score (nSPS) is 20.4. The Balaban J connectivity index is 1.59. The maximum atomic E-state index is 13.3. The summed E-state index contributed by atoms with van der Waals surface area (Å²) in [6.07, 6.45) is -7.96. The topological polar surface area (TPSA) is 47.6 Å². The van der Waals surface area contributed by atoms with Crippen molar-refractivity contribution in [3.8, 4) is 0 Å². The number of alkyl halides is 6. The van der Waals surface area contributed by atoms with Crippen LogP contribution in [0, 0.1) is 0 Å². The number of carbonyl (C=O) groups is 1. The van der Waals surface area contributed by atoms with Gasteiger partial charge >= 0.3 is 12.4 Å². The monoisotopic (exact) mass is 520 g/mol. The number of amides is 1. The summed E-state index contributed by atoms with van der Waals surface area (Å²) in [5.74, 6) is -0.643. The van der Waals surface area contributed by atoms with Crippen LogP contribution in [0.5, 0.6) is 0 Å². The van der Waals surface area contributed by atoms with Gasteiger partial charge in [0.25, 0.3) is 5.91 Å². The predicted octanol–water partition coefficient (Wildman–Crippen LogP) is 5.34. The van der Waals surface area contributed by atoms with Gasteiger partial charge in [-0.1, -0.05) is 29.8 Å².